The minimum atomic E-state index is -0.0628. The van der Waals surface area contributed by atoms with Gasteiger partial charge in [0.05, 0.1) is 6.61 Å². The molecule has 3 heteroatoms. The van der Waals surface area contributed by atoms with Gasteiger partial charge in [0.2, 0.25) is 5.78 Å². The van der Waals surface area contributed by atoms with Gasteiger partial charge in [-0.2, -0.15) is 0 Å². The Hall–Kier alpha value is -0.830. The molecule has 0 amide bonds. The molecular formula is C8H12O3. The molecule has 0 saturated heterocycles. The molecule has 0 saturated carbocycles. The summed E-state index contributed by atoms with van der Waals surface area (Å²) in [6.45, 7) is 0.771. The topological polar surface area (TPSA) is 35.5 Å². The van der Waals surface area contributed by atoms with E-state index in [9.17, 15) is 4.79 Å². The van der Waals surface area contributed by atoms with Crippen molar-refractivity contribution in [2.24, 2.45) is 0 Å². The molecule has 0 bridgehead atoms. The van der Waals surface area contributed by atoms with Crippen LogP contribution in [0.5, 0.6) is 0 Å². The third-order valence-electron chi connectivity index (χ3n) is 1.49. The van der Waals surface area contributed by atoms with E-state index in [1.165, 1.54) is 7.11 Å². The molecule has 0 radical (unpaired) electrons. The molecule has 62 valence electrons. The van der Waals surface area contributed by atoms with Crippen LogP contribution in [0.2, 0.25) is 0 Å². The van der Waals surface area contributed by atoms with Crippen molar-refractivity contribution in [3.63, 3.8) is 0 Å². The van der Waals surface area contributed by atoms with Crippen molar-refractivity contribution in [3.8, 4) is 0 Å². The lowest BCUT2D eigenvalue weighted by molar-refractivity contribution is -0.122. The fourth-order valence-electron chi connectivity index (χ4n) is 0.954. The first-order valence-corrected chi connectivity index (χ1v) is 3.69. The summed E-state index contributed by atoms with van der Waals surface area (Å²) < 4.78 is 9.81. The normalized spacial score (nSPS) is 17.0. The van der Waals surface area contributed by atoms with Gasteiger partial charge in [0, 0.05) is 7.11 Å². The van der Waals surface area contributed by atoms with Crippen LogP contribution in [0.3, 0.4) is 0 Å². The van der Waals surface area contributed by atoms with Gasteiger partial charge in [-0.3, -0.25) is 4.79 Å². The van der Waals surface area contributed by atoms with Crippen molar-refractivity contribution in [3.05, 3.63) is 11.8 Å². The number of carbonyl (C=O) groups is 1. The van der Waals surface area contributed by atoms with Crippen LogP contribution in [-0.2, 0) is 14.3 Å². The first-order chi connectivity index (χ1) is 5.34. The summed E-state index contributed by atoms with van der Waals surface area (Å²) >= 11 is 0. The Kier molecular flexibility index (Phi) is 3.11. The zero-order valence-corrected chi connectivity index (χ0v) is 6.63. The van der Waals surface area contributed by atoms with Crippen LogP contribution in [0.15, 0.2) is 11.8 Å². The van der Waals surface area contributed by atoms with E-state index in [1.807, 2.05) is 6.08 Å². The molecule has 1 aliphatic rings. The highest BCUT2D eigenvalue weighted by Crippen LogP contribution is 2.10. The molecule has 0 spiro atoms. The highest BCUT2D eigenvalue weighted by Gasteiger charge is 2.12. The van der Waals surface area contributed by atoms with Gasteiger partial charge in [-0.05, 0) is 18.9 Å². The summed E-state index contributed by atoms with van der Waals surface area (Å²) in [4.78, 5) is 11.1. The molecule has 0 aromatic rings. The smallest absolute Gasteiger partial charge is 0.222 e. The van der Waals surface area contributed by atoms with Crippen LogP contribution in [0.4, 0.5) is 0 Å². The summed E-state index contributed by atoms with van der Waals surface area (Å²) in [5.41, 5.74) is 0. The summed E-state index contributed by atoms with van der Waals surface area (Å²) in [7, 11) is 1.50. The van der Waals surface area contributed by atoms with Crippen molar-refractivity contribution in [1.29, 1.82) is 0 Å². The fourth-order valence-corrected chi connectivity index (χ4v) is 0.954. The van der Waals surface area contributed by atoms with E-state index < -0.39 is 0 Å². The zero-order chi connectivity index (χ0) is 8.10. The van der Waals surface area contributed by atoms with Crippen molar-refractivity contribution in [2.45, 2.75) is 12.8 Å². The summed E-state index contributed by atoms with van der Waals surface area (Å²) in [5.74, 6) is 0.408. The maximum absolute atomic E-state index is 11.1. The van der Waals surface area contributed by atoms with Crippen LogP contribution >= 0.6 is 0 Å². The van der Waals surface area contributed by atoms with E-state index in [1.54, 1.807) is 0 Å². The minimum Gasteiger partial charge on any atom is -0.490 e. The Labute approximate surface area is 66.0 Å². The van der Waals surface area contributed by atoms with Crippen LogP contribution in [0.1, 0.15) is 12.8 Å². The second kappa shape index (κ2) is 4.13. The summed E-state index contributed by atoms with van der Waals surface area (Å²) in [5, 5.41) is 0. The third kappa shape index (κ3) is 2.35. The lowest BCUT2D eigenvalue weighted by Gasteiger charge is -2.12. The van der Waals surface area contributed by atoms with Gasteiger partial charge in [0.25, 0.3) is 0 Å². The van der Waals surface area contributed by atoms with Crippen molar-refractivity contribution >= 4 is 5.78 Å². The van der Waals surface area contributed by atoms with Gasteiger partial charge in [-0.15, -0.1) is 0 Å². The molecule has 0 N–H and O–H groups in total. The van der Waals surface area contributed by atoms with Gasteiger partial charge in [-0.1, -0.05) is 0 Å². The van der Waals surface area contributed by atoms with Gasteiger partial charge in [0.15, 0.2) is 5.76 Å². The van der Waals surface area contributed by atoms with Crippen molar-refractivity contribution < 1.29 is 14.3 Å². The van der Waals surface area contributed by atoms with E-state index >= 15 is 0 Å². The molecule has 0 aromatic heterocycles. The molecule has 0 fully saturated rings. The average molecular weight is 156 g/mol. The van der Waals surface area contributed by atoms with Crippen molar-refractivity contribution in [2.75, 3.05) is 20.3 Å². The maximum atomic E-state index is 11.1. The van der Waals surface area contributed by atoms with Gasteiger partial charge in [-0.25, -0.2) is 0 Å². The second-order valence-corrected chi connectivity index (χ2v) is 2.42. The lowest BCUT2D eigenvalue weighted by atomic mass is 10.2. The quantitative estimate of drug-likeness (QED) is 0.609. The van der Waals surface area contributed by atoms with Crippen LogP contribution in [0.25, 0.3) is 0 Å². The van der Waals surface area contributed by atoms with E-state index in [0.717, 1.165) is 12.8 Å². The Balaban J connectivity index is 2.44. The Bertz CT molecular complexity index is 172. The van der Waals surface area contributed by atoms with Gasteiger partial charge >= 0.3 is 0 Å². The highest BCUT2D eigenvalue weighted by molar-refractivity contribution is 5.94. The molecule has 0 aromatic carbocycles. The number of hydrogen-bond donors (Lipinski definition) is 0. The van der Waals surface area contributed by atoms with Crippen LogP contribution in [0, 0.1) is 0 Å². The fraction of sp³-hybridized carbons (Fsp3) is 0.625. The lowest BCUT2D eigenvalue weighted by Crippen LogP contribution is -2.15. The zero-order valence-electron chi connectivity index (χ0n) is 6.63. The number of carbonyl (C=O) groups excluding carboxylic acids is 1. The van der Waals surface area contributed by atoms with Crippen molar-refractivity contribution in [1.82, 2.24) is 0 Å². The maximum Gasteiger partial charge on any atom is 0.222 e. The molecule has 1 aliphatic heterocycles. The molecular weight excluding hydrogens is 144 g/mol. The Morgan fingerprint density at radius 1 is 1.82 bits per heavy atom. The first kappa shape index (κ1) is 8.27. The van der Waals surface area contributed by atoms with E-state index in [4.69, 9.17) is 4.74 Å². The molecule has 0 aliphatic carbocycles. The third-order valence-corrected chi connectivity index (χ3v) is 1.49. The van der Waals surface area contributed by atoms with E-state index in [2.05, 4.69) is 4.74 Å². The Morgan fingerprint density at radius 2 is 2.64 bits per heavy atom. The predicted molar refractivity (Wildman–Crippen MR) is 40.2 cm³/mol. The number of hydrogen-bond acceptors (Lipinski definition) is 3. The molecule has 11 heavy (non-hydrogen) atoms. The Morgan fingerprint density at radius 3 is 3.18 bits per heavy atom. The number of ketones is 1. The van der Waals surface area contributed by atoms with Gasteiger partial charge in [0.1, 0.15) is 6.61 Å². The molecule has 0 unspecified atom stereocenters. The SMILES string of the molecule is COCC(=O)C1=CCCCO1. The number of allylic oxidation sites excluding steroid dienone is 1. The number of rotatable bonds is 3. The summed E-state index contributed by atoms with van der Waals surface area (Å²) in [6.07, 6.45) is 3.76. The molecule has 1 heterocycles. The minimum absolute atomic E-state index is 0.0628. The largest absolute Gasteiger partial charge is 0.490 e. The highest BCUT2D eigenvalue weighted by atomic mass is 16.5. The van der Waals surface area contributed by atoms with E-state index in [0.29, 0.717) is 12.4 Å². The molecule has 3 nitrogen and oxygen atoms in total. The monoisotopic (exact) mass is 156 g/mol. The van der Waals surface area contributed by atoms with E-state index in [-0.39, 0.29) is 12.4 Å². The number of ether oxygens (including phenoxy) is 2. The first-order valence-electron chi connectivity index (χ1n) is 3.69. The van der Waals surface area contributed by atoms with Gasteiger partial charge < -0.3 is 9.47 Å². The number of Topliss-reactive ketones (excluding diaryl/α,β-unsaturated/α-hetero) is 1. The average Bonchev–Trinajstić information content (AvgIpc) is 2.07. The predicted octanol–water partition coefficient (Wildman–Crippen LogP) is 0.896. The number of methoxy groups -OCH3 is 1. The van der Waals surface area contributed by atoms with Crippen LogP contribution in [-0.4, -0.2) is 26.1 Å². The standard InChI is InChI=1S/C8H12O3/c1-10-6-7(9)8-4-2-3-5-11-8/h4H,2-3,5-6H2,1H3. The summed E-state index contributed by atoms with van der Waals surface area (Å²) in [6, 6.07) is 0. The van der Waals surface area contributed by atoms with Crippen LogP contribution < -0.4 is 0 Å². The molecule has 1 rings (SSSR count). The second-order valence-electron chi connectivity index (χ2n) is 2.42. The molecule has 0 atom stereocenters.